The number of hydrogen-bond acceptors (Lipinski definition) is 5. The fourth-order valence-corrected chi connectivity index (χ4v) is 1.69. The quantitative estimate of drug-likeness (QED) is 0.789. The minimum absolute atomic E-state index is 0.0855. The second-order valence-corrected chi connectivity index (χ2v) is 4.09. The molecule has 1 unspecified atom stereocenters. The minimum Gasteiger partial charge on any atom is -0.491 e. The first-order chi connectivity index (χ1) is 9.20. The summed E-state index contributed by atoms with van der Waals surface area (Å²) in [5.41, 5.74) is 0. The number of carbonyl (C=O) groups is 1. The number of methoxy groups -OCH3 is 1. The van der Waals surface area contributed by atoms with E-state index in [-0.39, 0.29) is 11.8 Å². The van der Waals surface area contributed by atoms with Crippen LogP contribution >= 0.6 is 11.6 Å². The Balaban J connectivity index is 2.09. The molecule has 0 amide bonds. The standard InChI is InChI=1S/C13H12ClNO4/c1-17-13(16)10(11-4-5-12(14)19-11)8-18-9-3-2-6-15-7-9/h2-7,10H,8H2,1H3. The fourth-order valence-electron chi connectivity index (χ4n) is 1.54. The molecule has 0 aromatic carbocycles. The van der Waals surface area contributed by atoms with Crippen LogP contribution in [0.1, 0.15) is 11.7 Å². The van der Waals surface area contributed by atoms with Gasteiger partial charge in [-0.05, 0) is 35.9 Å². The molecule has 0 aliphatic heterocycles. The van der Waals surface area contributed by atoms with Crippen molar-refractivity contribution in [2.75, 3.05) is 13.7 Å². The second kappa shape index (κ2) is 6.24. The minimum atomic E-state index is -0.669. The van der Waals surface area contributed by atoms with Crippen LogP contribution in [0.5, 0.6) is 5.75 Å². The van der Waals surface area contributed by atoms with Crippen LogP contribution in [0.25, 0.3) is 0 Å². The summed E-state index contributed by atoms with van der Waals surface area (Å²) in [6.45, 7) is 0.0855. The van der Waals surface area contributed by atoms with Gasteiger partial charge >= 0.3 is 5.97 Å². The highest BCUT2D eigenvalue weighted by Crippen LogP contribution is 2.24. The average molecular weight is 282 g/mol. The zero-order valence-corrected chi connectivity index (χ0v) is 11.0. The largest absolute Gasteiger partial charge is 0.491 e. The third-order valence-electron chi connectivity index (χ3n) is 2.47. The Hall–Kier alpha value is -2.01. The molecular formula is C13H12ClNO4. The number of rotatable bonds is 5. The maximum atomic E-state index is 11.7. The number of nitrogens with zero attached hydrogens (tertiary/aromatic N) is 1. The van der Waals surface area contributed by atoms with E-state index in [1.54, 1.807) is 36.7 Å². The van der Waals surface area contributed by atoms with Crippen LogP contribution in [0.2, 0.25) is 5.22 Å². The lowest BCUT2D eigenvalue weighted by atomic mass is 10.1. The first-order valence-corrected chi connectivity index (χ1v) is 5.94. The van der Waals surface area contributed by atoms with Crippen molar-refractivity contribution in [2.24, 2.45) is 0 Å². The monoisotopic (exact) mass is 281 g/mol. The molecule has 6 heteroatoms. The molecule has 100 valence electrons. The molecule has 0 fully saturated rings. The lowest BCUT2D eigenvalue weighted by Crippen LogP contribution is -2.20. The highest BCUT2D eigenvalue weighted by atomic mass is 35.5. The van der Waals surface area contributed by atoms with Crippen LogP contribution in [0, 0.1) is 0 Å². The molecule has 0 N–H and O–H groups in total. The molecule has 2 aromatic heterocycles. The van der Waals surface area contributed by atoms with E-state index in [0.29, 0.717) is 11.5 Å². The molecule has 0 aliphatic carbocycles. The summed E-state index contributed by atoms with van der Waals surface area (Å²) in [5.74, 6) is -0.151. The van der Waals surface area contributed by atoms with E-state index in [4.69, 9.17) is 25.5 Å². The van der Waals surface area contributed by atoms with Crippen molar-refractivity contribution >= 4 is 17.6 Å². The predicted octanol–water partition coefficient (Wildman–Crippen LogP) is 2.66. The third kappa shape index (κ3) is 3.48. The van der Waals surface area contributed by atoms with Crippen LogP contribution in [0.3, 0.4) is 0 Å². The average Bonchev–Trinajstić information content (AvgIpc) is 2.86. The summed E-state index contributed by atoms with van der Waals surface area (Å²) in [4.78, 5) is 15.6. The Morgan fingerprint density at radius 1 is 1.47 bits per heavy atom. The van der Waals surface area contributed by atoms with Gasteiger partial charge in [-0.1, -0.05) is 0 Å². The summed E-state index contributed by atoms with van der Waals surface area (Å²) in [6, 6.07) is 6.68. The van der Waals surface area contributed by atoms with E-state index in [0.717, 1.165) is 0 Å². The second-order valence-electron chi connectivity index (χ2n) is 3.72. The summed E-state index contributed by atoms with van der Waals surface area (Å²) in [6.07, 6.45) is 3.19. The van der Waals surface area contributed by atoms with Crippen molar-refractivity contribution < 1.29 is 18.7 Å². The molecule has 19 heavy (non-hydrogen) atoms. The zero-order chi connectivity index (χ0) is 13.7. The molecule has 0 radical (unpaired) electrons. The SMILES string of the molecule is COC(=O)C(COc1cccnc1)c1ccc(Cl)o1. The van der Waals surface area contributed by atoms with Crippen LogP contribution < -0.4 is 4.74 Å². The van der Waals surface area contributed by atoms with Crippen LogP contribution in [0.4, 0.5) is 0 Å². The maximum Gasteiger partial charge on any atom is 0.319 e. The lowest BCUT2D eigenvalue weighted by Gasteiger charge is -2.13. The molecule has 1 atom stereocenters. The van der Waals surface area contributed by atoms with Gasteiger partial charge in [-0.15, -0.1) is 0 Å². The van der Waals surface area contributed by atoms with Gasteiger partial charge in [-0.2, -0.15) is 0 Å². The molecule has 0 spiro atoms. The maximum absolute atomic E-state index is 11.7. The van der Waals surface area contributed by atoms with Crippen molar-refractivity contribution in [1.29, 1.82) is 0 Å². The first kappa shape index (κ1) is 13.4. The number of esters is 1. The summed E-state index contributed by atoms with van der Waals surface area (Å²) >= 11 is 5.70. The van der Waals surface area contributed by atoms with Crippen molar-refractivity contribution in [1.82, 2.24) is 4.98 Å². The van der Waals surface area contributed by atoms with Gasteiger partial charge in [-0.25, -0.2) is 0 Å². The topological polar surface area (TPSA) is 61.6 Å². The first-order valence-electron chi connectivity index (χ1n) is 5.56. The number of halogens is 1. The number of hydrogen-bond donors (Lipinski definition) is 0. The van der Waals surface area contributed by atoms with E-state index in [1.807, 2.05) is 0 Å². The molecule has 0 saturated carbocycles. The summed E-state index contributed by atoms with van der Waals surface area (Å²) in [7, 11) is 1.31. The van der Waals surface area contributed by atoms with Gasteiger partial charge in [0.15, 0.2) is 5.22 Å². The Kier molecular flexibility index (Phi) is 4.41. The van der Waals surface area contributed by atoms with Crippen molar-refractivity contribution in [3.8, 4) is 5.75 Å². The van der Waals surface area contributed by atoms with Gasteiger partial charge in [-0.3, -0.25) is 9.78 Å². The molecule has 0 saturated heterocycles. The van der Waals surface area contributed by atoms with E-state index in [9.17, 15) is 4.79 Å². The molecule has 2 aromatic rings. The molecule has 2 heterocycles. The normalized spacial score (nSPS) is 11.9. The predicted molar refractivity (Wildman–Crippen MR) is 68.2 cm³/mol. The van der Waals surface area contributed by atoms with Gasteiger partial charge in [0.25, 0.3) is 0 Å². The lowest BCUT2D eigenvalue weighted by molar-refractivity contribution is -0.143. The van der Waals surface area contributed by atoms with Gasteiger partial charge < -0.3 is 13.9 Å². The third-order valence-corrected chi connectivity index (χ3v) is 2.68. The molecular weight excluding hydrogens is 270 g/mol. The van der Waals surface area contributed by atoms with Crippen LogP contribution in [-0.4, -0.2) is 24.7 Å². The number of carbonyl (C=O) groups excluding carboxylic acids is 1. The Bertz CT molecular complexity index is 541. The van der Waals surface area contributed by atoms with Crippen LogP contribution in [-0.2, 0) is 9.53 Å². The van der Waals surface area contributed by atoms with Crippen LogP contribution in [0.15, 0.2) is 41.1 Å². The molecule has 2 rings (SSSR count). The number of furan rings is 1. The zero-order valence-electron chi connectivity index (χ0n) is 10.2. The summed E-state index contributed by atoms with van der Waals surface area (Å²) in [5, 5.41) is 0.213. The number of aromatic nitrogens is 1. The Labute approximate surface area is 115 Å². The van der Waals surface area contributed by atoms with Gasteiger partial charge in [0, 0.05) is 6.20 Å². The molecule has 0 aliphatic rings. The summed E-state index contributed by atoms with van der Waals surface area (Å²) < 4.78 is 15.4. The highest BCUT2D eigenvalue weighted by Gasteiger charge is 2.26. The van der Waals surface area contributed by atoms with E-state index >= 15 is 0 Å². The van der Waals surface area contributed by atoms with Gasteiger partial charge in [0.05, 0.1) is 13.3 Å². The van der Waals surface area contributed by atoms with Crippen molar-refractivity contribution in [2.45, 2.75) is 5.92 Å². The van der Waals surface area contributed by atoms with Crippen molar-refractivity contribution in [3.63, 3.8) is 0 Å². The van der Waals surface area contributed by atoms with Crippen molar-refractivity contribution in [3.05, 3.63) is 47.6 Å². The van der Waals surface area contributed by atoms with E-state index in [1.165, 1.54) is 7.11 Å². The Morgan fingerprint density at radius 2 is 2.32 bits per heavy atom. The van der Waals surface area contributed by atoms with E-state index in [2.05, 4.69) is 4.98 Å². The number of ether oxygens (including phenoxy) is 2. The highest BCUT2D eigenvalue weighted by molar-refractivity contribution is 6.28. The van der Waals surface area contributed by atoms with E-state index < -0.39 is 11.9 Å². The van der Waals surface area contributed by atoms with Gasteiger partial charge in [0.1, 0.15) is 24.0 Å². The fraction of sp³-hybridized carbons (Fsp3) is 0.231. The molecule has 5 nitrogen and oxygen atoms in total. The van der Waals surface area contributed by atoms with Gasteiger partial charge in [0.2, 0.25) is 0 Å². The smallest absolute Gasteiger partial charge is 0.319 e. The Morgan fingerprint density at radius 3 is 2.89 bits per heavy atom. The number of pyridine rings is 1. The molecule has 0 bridgehead atoms.